The molecule has 1 saturated carbocycles. The predicted molar refractivity (Wildman–Crippen MR) is 66.8 cm³/mol. The third kappa shape index (κ3) is 3.35. The van der Waals surface area contributed by atoms with Crippen molar-refractivity contribution in [3.63, 3.8) is 0 Å². The summed E-state index contributed by atoms with van der Waals surface area (Å²) in [6.45, 7) is 3.36. The molecule has 1 aliphatic carbocycles. The number of carbonyl (C=O) groups is 1. The van der Waals surface area contributed by atoms with E-state index in [4.69, 9.17) is 0 Å². The Balaban J connectivity index is 1.81. The van der Waals surface area contributed by atoms with E-state index in [1.54, 1.807) is 0 Å². The number of aliphatic hydroxyl groups is 1. The molecular formula is C13H24N2O2. The first kappa shape index (κ1) is 12.7. The van der Waals surface area contributed by atoms with E-state index < -0.39 is 0 Å². The molecule has 0 bridgehead atoms. The van der Waals surface area contributed by atoms with Crippen LogP contribution in [0.15, 0.2) is 0 Å². The van der Waals surface area contributed by atoms with Crippen molar-refractivity contribution in [3.8, 4) is 0 Å². The lowest BCUT2D eigenvalue weighted by Crippen LogP contribution is -2.49. The SMILES string of the molecule is CC(O)C1CCCN(C(=O)NC2CCCC2)C1. The summed E-state index contributed by atoms with van der Waals surface area (Å²) < 4.78 is 0. The summed E-state index contributed by atoms with van der Waals surface area (Å²) in [6.07, 6.45) is 6.46. The van der Waals surface area contributed by atoms with Gasteiger partial charge in [-0.2, -0.15) is 0 Å². The Kier molecular flexibility index (Phi) is 4.26. The van der Waals surface area contributed by atoms with Crippen molar-refractivity contribution in [2.75, 3.05) is 13.1 Å². The molecule has 2 unspecified atom stereocenters. The first-order valence-corrected chi connectivity index (χ1v) is 6.90. The lowest BCUT2D eigenvalue weighted by Gasteiger charge is -2.34. The first-order valence-electron chi connectivity index (χ1n) is 6.90. The van der Waals surface area contributed by atoms with Gasteiger partial charge in [-0.3, -0.25) is 0 Å². The molecule has 98 valence electrons. The van der Waals surface area contributed by atoms with Gasteiger partial charge in [-0.15, -0.1) is 0 Å². The van der Waals surface area contributed by atoms with Gasteiger partial charge in [-0.05, 0) is 32.6 Å². The summed E-state index contributed by atoms with van der Waals surface area (Å²) in [5.41, 5.74) is 0. The maximum atomic E-state index is 12.1. The number of nitrogens with zero attached hydrogens (tertiary/aromatic N) is 1. The third-order valence-corrected chi connectivity index (χ3v) is 4.11. The monoisotopic (exact) mass is 240 g/mol. The average Bonchev–Trinajstić information content (AvgIpc) is 2.82. The number of likely N-dealkylation sites (tertiary alicyclic amines) is 1. The highest BCUT2D eigenvalue weighted by Gasteiger charge is 2.27. The van der Waals surface area contributed by atoms with E-state index in [0.29, 0.717) is 12.6 Å². The molecule has 0 aromatic rings. The second-order valence-electron chi connectivity index (χ2n) is 5.52. The van der Waals surface area contributed by atoms with Crippen molar-refractivity contribution in [1.82, 2.24) is 10.2 Å². The number of hydrogen-bond acceptors (Lipinski definition) is 2. The number of aliphatic hydroxyl groups excluding tert-OH is 1. The van der Waals surface area contributed by atoms with Crippen molar-refractivity contribution in [2.45, 2.75) is 57.6 Å². The zero-order valence-corrected chi connectivity index (χ0v) is 10.7. The third-order valence-electron chi connectivity index (χ3n) is 4.11. The standard InChI is InChI=1S/C13H24N2O2/c1-10(16)11-5-4-8-15(9-11)13(17)14-12-6-2-3-7-12/h10-12,16H,2-9H2,1H3,(H,14,17). The molecule has 2 aliphatic rings. The molecule has 0 aromatic heterocycles. The Labute approximate surface area is 103 Å². The topological polar surface area (TPSA) is 52.6 Å². The summed E-state index contributed by atoms with van der Waals surface area (Å²) in [7, 11) is 0. The Bertz CT molecular complexity index is 262. The summed E-state index contributed by atoms with van der Waals surface area (Å²) >= 11 is 0. The van der Waals surface area contributed by atoms with Gasteiger partial charge >= 0.3 is 6.03 Å². The van der Waals surface area contributed by atoms with E-state index in [0.717, 1.165) is 32.2 Å². The highest BCUT2D eigenvalue weighted by molar-refractivity contribution is 5.74. The lowest BCUT2D eigenvalue weighted by atomic mass is 9.94. The van der Waals surface area contributed by atoms with E-state index in [1.165, 1.54) is 12.8 Å². The van der Waals surface area contributed by atoms with Crippen molar-refractivity contribution >= 4 is 6.03 Å². The second-order valence-corrected chi connectivity index (χ2v) is 5.52. The molecule has 2 N–H and O–H groups in total. The minimum Gasteiger partial charge on any atom is -0.393 e. The highest BCUT2D eigenvalue weighted by Crippen LogP contribution is 2.21. The molecule has 2 amide bonds. The van der Waals surface area contributed by atoms with Gasteiger partial charge in [0.1, 0.15) is 0 Å². The zero-order chi connectivity index (χ0) is 12.3. The van der Waals surface area contributed by atoms with Gasteiger partial charge < -0.3 is 15.3 Å². The van der Waals surface area contributed by atoms with Crippen molar-refractivity contribution in [1.29, 1.82) is 0 Å². The number of urea groups is 1. The van der Waals surface area contributed by atoms with E-state index in [2.05, 4.69) is 5.32 Å². The van der Waals surface area contributed by atoms with Crippen LogP contribution in [-0.2, 0) is 0 Å². The van der Waals surface area contributed by atoms with Crippen LogP contribution in [-0.4, -0.2) is 41.3 Å². The van der Waals surface area contributed by atoms with Crippen molar-refractivity contribution in [2.24, 2.45) is 5.92 Å². The van der Waals surface area contributed by atoms with Gasteiger partial charge in [0.25, 0.3) is 0 Å². The number of carbonyl (C=O) groups excluding carboxylic acids is 1. The van der Waals surface area contributed by atoms with Crippen molar-refractivity contribution < 1.29 is 9.90 Å². The molecule has 1 saturated heterocycles. The molecule has 17 heavy (non-hydrogen) atoms. The Morgan fingerprint density at radius 1 is 1.29 bits per heavy atom. The number of nitrogens with one attached hydrogen (secondary N) is 1. The quantitative estimate of drug-likeness (QED) is 0.772. The highest BCUT2D eigenvalue weighted by atomic mass is 16.3. The number of hydrogen-bond donors (Lipinski definition) is 2. The first-order chi connectivity index (χ1) is 8.16. The summed E-state index contributed by atoms with van der Waals surface area (Å²) in [4.78, 5) is 13.9. The molecule has 1 heterocycles. The maximum Gasteiger partial charge on any atom is 0.317 e. The van der Waals surface area contributed by atoms with Crippen LogP contribution >= 0.6 is 0 Å². The van der Waals surface area contributed by atoms with Crippen LogP contribution in [0.3, 0.4) is 0 Å². The smallest absolute Gasteiger partial charge is 0.317 e. The van der Waals surface area contributed by atoms with Gasteiger partial charge in [0.2, 0.25) is 0 Å². The number of piperidine rings is 1. The van der Waals surface area contributed by atoms with E-state index in [9.17, 15) is 9.90 Å². The second kappa shape index (κ2) is 5.71. The fourth-order valence-corrected chi connectivity index (χ4v) is 2.92. The van der Waals surface area contributed by atoms with E-state index in [-0.39, 0.29) is 18.1 Å². The van der Waals surface area contributed by atoms with Gasteiger partial charge in [-0.1, -0.05) is 12.8 Å². The molecule has 2 atom stereocenters. The Morgan fingerprint density at radius 3 is 2.65 bits per heavy atom. The van der Waals surface area contributed by atoms with Crippen LogP contribution in [0.1, 0.15) is 45.4 Å². The van der Waals surface area contributed by atoms with Crippen LogP contribution < -0.4 is 5.32 Å². The number of rotatable bonds is 2. The molecule has 0 spiro atoms. The lowest BCUT2D eigenvalue weighted by molar-refractivity contribution is 0.0733. The van der Waals surface area contributed by atoms with E-state index >= 15 is 0 Å². The van der Waals surface area contributed by atoms with Crippen LogP contribution in [0.4, 0.5) is 4.79 Å². The minimum atomic E-state index is -0.308. The molecule has 2 rings (SSSR count). The Morgan fingerprint density at radius 2 is 2.00 bits per heavy atom. The molecular weight excluding hydrogens is 216 g/mol. The molecule has 0 radical (unpaired) electrons. The summed E-state index contributed by atoms with van der Waals surface area (Å²) in [6, 6.07) is 0.455. The predicted octanol–water partition coefficient (Wildman–Crippen LogP) is 1.73. The normalized spacial score (nSPS) is 28.1. The van der Waals surface area contributed by atoms with Crippen LogP contribution in [0.5, 0.6) is 0 Å². The van der Waals surface area contributed by atoms with Gasteiger partial charge in [0, 0.05) is 25.0 Å². The zero-order valence-electron chi connectivity index (χ0n) is 10.7. The molecule has 0 aromatic carbocycles. The van der Waals surface area contributed by atoms with E-state index in [1.807, 2.05) is 11.8 Å². The van der Waals surface area contributed by atoms with Gasteiger partial charge in [0.15, 0.2) is 0 Å². The van der Waals surface area contributed by atoms with Crippen LogP contribution in [0, 0.1) is 5.92 Å². The molecule has 2 fully saturated rings. The van der Waals surface area contributed by atoms with Crippen LogP contribution in [0.25, 0.3) is 0 Å². The van der Waals surface area contributed by atoms with Crippen LogP contribution in [0.2, 0.25) is 0 Å². The average molecular weight is 240 g/mol. The summed E-state index contributed by atoms with van der Waals surface area (Å²) in [5.74, 6) is 0.248. The van der Waals surface area contributed by atoms with Crippen molar-refractivity contribution in [3.05, 3.63) is 0 Å². The largest absolute Gasteiger partial charge is 0.393 e. The fourth-order valence-electron chi connectivity index (χ4n) is 2.92. The van der Waals surface area contributed by atoms with Gasteiger partial charge in [0.05, 0.1) is 6.10 Å². The Hall–Kier alpha value is -0.770. The fraction of sp³-hybridized carbons (Fsp3) is 0.923. The molecule has 4 heteroatoms. The number of amides is 2. The van der Waals surface area contributed by atoms with Gasteiger partial charge in [-0.25, -0.2) is 4.79 Å². The maximum absolute atomic E-state index is 12.1. The summed E-state index contributed by atoms with van der Waals surface area (Å²) in [5, 5.41) is 12.7. The molecule has 1 aliphatic heterocycles. The minimum absolute atomic E-state index is 0.0715. The molecule has 4 nitrogen and oxygen atoms in total.